The molecule has 2 unspecified atom stereocenters. The Morgan fingerprint density at radius 2 is 1.79 bits per heavy atom. The van der Waals surface area contributed by atoms with Gasteiger partial charge < -0.3 is 43.1 Å². The Hall–Kier alpha value is -0.000130. The second kappa shape index (κ2) is 10.1. The van der Waals surface area contributed by atoms with Gasteiger partial charge in [-0.1, -0.05) is 0 Å². The summed E-state index contributed by atoms with van der Waals surface area (Å²) in [5.74, 6) is -2.76. The summed E-state index contributed by atoms with van der Waals surface area (Å²) < 4.78 is 43.8. The summed E-state index contributed by atoms with van der Waals surface area (Å²) in [6.45, 7) is 6.58. The van der Waals surface area contributed by atoms with Crippen LogP contribution >= 0.6 is 7.82 Å². The van der Waals surface area contributed by atoms with Gasteiger partial charge in [-0.25, -0.2) is 0 Å². The van der Waals surface area contributed by atoms with Crippen molar-refractivity contribution < 1.29 is 47.7 Å². The molecule has 2 N–H and O–H groups in total. The number of phosphoric acid groups is 1. The van der Waals surface area contributed by atoms with E-state index in [4.69, 9.17) is 43.7 Å². The molecule has 0 aromatic rings. The third-order valence-corrected chi connectivity index (χ3v) is 5.36. The van der Waals surface area contributed by atoms with Crippen LogP contribution < -0.4 is 4.89 Å². The number of hydrogen-bond donors (Lipinski definition) is 2. The Balaban J connectivity index is 1.99. The molecule has 29 heavy (non-hydrogen) atoms. The van der Waals surface area contributed by atoms with Gasteiger partial charge in [0.1, 0.15) is 34.0 Å². The summed E-state index contributed by atoms with van der Waals surface area (Å²) in [6, 6.07) is -2.20. The molecule has 2 rings (SSSR count). The summed E-state index contributed by atoms with van der Waals surface area (Å²) in [5.41, 5.74) is 0. The van der Waals surface area contributed by atoms with E-state index in [0.29, 0.717) is 6.42 Å². The highest BCUT2D eigenvalue weighted by Gasteiger charge is 2.55. The molecule has 0 bridgehead atoms. The van der Waals surface area contributed by atoms with E-state index in [1.165, 1.54) is 0 Å². The highest BCUT2D eigenvalue weighted by atomic mass is 31.2. The van der Waals surface area contributed by atoms with Crippen molar-refractivity contribution in [2.75, 3.05) is 13.2 Å². The van der Waals surface area contributed by atoms with E-state index in [1.807, 2.05) is 13.8 Å². The maximum Gasteiger partial charge on any atom is 0.268 e. The fourth-order valence-corrected chi connectivity index (χ4v) is 4.04. The van der Waals surface area contributed by atoms with Crippen molar-refractivity contribution in [3.05, 3.63) is 0 Å². The molecule has 2 aliphatic rings. The first kappa shape index (κ1) is 25.3. The maximum atomic E-state index is 12.3. The minimum atomic E-state index is -5.00. The summed E-state index contributed by atoms with van der Waals surface area (Å²) >= 11 is 0. The zero-order valence-corrected chi connectivity index (χ0v) is 17.9. The molecule has 10 nitrogen and oxygen atoms in total. The van der Waals surface area contributed by atoms with Gasteiger partial charge in [0.2, 0.25) is 5.79 Å². The summed E-state index contributed by atoms with van der Waals surface area (Å²) in [7, 11) is 6.27. The first-order valence-electron chi connectivity index (χ1n) is 9.49. The largest absolute Gasteiger partial charge is 0.756 e. The minimum absolute atomic E-state index is 0.116. The van der Waals surface area contributed by atoms with E-state index in [-0.39, 0.29) is 18.8 Å². The van der Waals surface area contributed by atoms with Crippen LogP contribution in [0.4, 0.5) is 0 Å². The second-order valence-corrected chi connectivity index (χ2v) is 9.06. The van der Waals surface area contributed by atoms with Crippen molar-refractivity contribution in [1.29, 1.82) is 0 Å². The zero-order chi connectivity index (χ0) is 22.0. The highest BCUT2D eigenvalue weighted by molar-refractivity contribution is 7.45. The molecule has 0 aromatic carbocycles. The summed E-state index contributed by atoms with van der Waals surface area (Å²) in [6.07, 6.45) is -4.00. The lowest BCUT2D eigenvalue weighted by Gasteiger charge is -2.34. The van der Waals surface area contributed by atoms with Crippen LogP contribution in [0, 0.1) is 0 Å². The van der Waals surface area contributed by atoms with E-state index >= 15 is 0 Å². The molecule has 0 amide bonds. The number of aliphatic hydroxyl groups is 2. The molecule has 0 spiro atoms. The van der Waals surface area contributed by atoms with Crippen molar-refractivity contribution in [2.24, 2.45) is 0 Å². The van der Waals surface area contributed by atoms with Gasteiger partial charge in [0.25, 0.3) is 7.82 Å². The molecule has 0 aliphatic carbocycles. The standard InChI is InChI=1S/C16H29B2O10P/c1-8(2)23-6-12-14(16(19,20)15(18)27-12)28-29(21,22)24-7-11-10(25-9(3)4)5-13(17)26-11/h8-15,19-20H,5-7H2,1-4H3,(H,21,22)/p-1/t10?,11-,12-,13-,14+,15-/m1/s1. The molecule has 4 radical (unpaired) electrons. The fraction of sp³-hybridized carbons (Fsp3) is 1.00. The molecule has 7 atom stereocenters. The first-order valence-corrected chi connectivity index (χ1v) is 11.0. The number of hydrogen-bond acceptors (Lipinski definition) is 10. The van der Waals surface area contributed by atoms with Gasteiger partial charge in [-0.15, -0.1) is 0 Å². The molecule has 164 valence electrons. The zero-order valence-electron chi connectivity index (χ0n) is 17.0. The number of rotatable bonds is 10. The predicted molar refractivity (Wildman–Crippen MR) is 100 cm³/mol. The van der Waals surface area contributed by atoms with E-state index in [1.54, 1.807) is 13.8 Å². The molecule has 13 heteroatoms. The Morgan fingerprint density at radius 1 is 1.14 bits per heavy atom. The van der Waals surface area contributed by atoms with Crippen LogP contribution in [0.1, 0.15) is 34.1 Å². The van der Waals surface area contributed by atoms with Crippen LogP contribution in [0.5, 0.6) is 0 Å². The molecule has 2 aliphatic heterocycles. The van der Waals surface area contributed by atoms with Gasteiger partial charge in [-0.2, -0.15) is 0 Å². The summed E-state index contributed by atoms with van der Waals surface area (Å²) in [4.78, 5) is 12.3. The average Bonchev–Trinajstić information content (AvgIpc) is 3.02. The third kappa shape index (κ3) is 7.00. The molecule has 0 saturated carbocycles. The van der Waals surface area contributed by atoms with Crippen molar-refractivity contribution in [1.82, 2.24) is 0 Å². The van der Waals surface area contributed by atoms with Gasteiger partial charge >= 0.3 is 0 Å². The van der Waals surface area contributed by atoms with E-state index < -0.39 is 56.6 Å². The van der Waals surface area contributed by atoms with E-state index in [9.17, 15) is 19.7 Å². The number of phosphoric ester groups is 1. The smallest absolute Gasteiger partial charge is 0.268 e. The van der Waals surface area contributed by atoms with Crippen LogP contribution in [0.2, 0.25) is 0 Å². The lowest BCUT2D eigenvalue weighted by Crippen LogP contribution is -2.50. The lowest BCUT2D eigenvalue weighted by atomic mass is 9.90. The summed E-state index contributed by atoms with van der Waals surface area (Å²) in [5, 5.41) is 20.3. The SMILES string of the molecule is [B][C@@H]1O[C@H](COC(C)C)[C@H](OP(=O)([O-])OC[C@H]2O[C@@H]([B])CC2OC(C)C)C1(O)O. The molecule has 2 saturated heterocycles. The monoisotopic (exact) mass is 433 g/mol. The molecule has 0 aromatic heterocycles. The second-order valence-electron chi connectivity index (χ2n) is 7.70. The van der Waals surface area contributed by atoms with Crippen LogP contribution in [-0.2, 0) is 32.6 Å². The molecule has 2 heterocycles. The Labute approximate surface area is 173 Å². The van der Waals surface area contributed by atoms with E-state index in [2.05, 4.69) is 0 Å². The van der Waals surface area contributed by atoms with Crippen molar-refractivity contribution in [3.63, 3.8) is 0 Å². The predicted octanol–water partition coefficient (Wildman–Crippen LogP) is -1.07. The fourth-order valence-electron chi connectivity index (χ4n) is 3.08. The van der Waals surface area contributed by atoms with Crippen LogP contribution in [0.3, 0.4) is 0 Å². The maximum absolute atomic E-state index is 12.3. The van der Waals surface area contributed by atoms with Gasteiger partial charge in [-0.3, -0.25) is 4.57 Å². The topological polar surface area (TPSA) is 136 Å². The normalized spacial score (nSPS) is 36.7. The minimum Gasteiger partial charge on any atom is -0.756 e. The first-order chi connectivity index (χ1) is 13.3. The Bertz CT molecular complexity index is 578. The third-order valence-electron chi connectivity index (χ3n) is 4.41. The van der Waals surface area contributed by atoms with Crippen LogP contribution in [-0.4, -0.2) is 93.5 Å². The van der Waals surface area contributed by atoms with Gasteiger partial charge in [0.15, 0.2) is 0 Å². The quantitative estimate of drug-likeness (QED) is 0.249. The lowest BCUT2D eigenvalue weighted by molar-refractivity contribution is -0.259. The van der Waals surface area contributed by atoms with Gasteiger partial charge in [-0.05, 0) is 34.1 Å². The number of ether oxygens (including phenoxy) is 4. The van der Waals surface area contributed by atoms with E-state index in [0.717, 1.165) is 0 Å². The van der Waals surface area contributed by atoms with Gasteiger partial charge in [0, 0.05) is 6.00 Å². The van der Waals surface area contributed by atoms with Crippen molar-refractivity contribution >= 4 is 23.5 Å². The van der Waals surface area contributed by atoms with Crippen molar-refractivity contribution in [2.45, 2.75) is 88.5 Å². The average molecular weight is 433 g/mol. The highest BCUT2D eigenvalue weighted by Crippen LogP contribution is 2.46. The van der Waals surface area contributed by atoms with Crippen LogP contribution in [0.25, 0.3) is 0 Å². The molecular formula is C16H28B2O10P-. The van der Waals surface area contributed by atoms with Gasteiger partial charge in [0.05, 0.1) is 37.5 Å². The Kier molecular flexibility index (Phi) is 8.78. The van der Waals surface area contributed by atoms with Crippen LogP contribution in [0.15, 0.2) is 0 Å². The van der Waals surface area contributed by atoms with Crippen molar-refractivity contribution in [3.8, 4) is 0 Å². The molecule has 2 fully saturated rings. The molecular weight excluding hydrogens is 405 g/mol. The Morgan fingerprint density at radius 3 is 2.38 bits per heavy atom.